The minimum Gasteiger partial charge on any atom is -0.381 e. The smallest absolute Gasteiger partial charge is 0.251 e. The number of rotatable bonds is 4. The number of nitrogens with zero attached hydrogens (tertiary/aromatic N) is 1. The van der Waals surface area contributed by atoms with E-state index >= 15 is 0 Å². The fraction of sp³-hybridized carbons (Fsp3) is 0.300. The molecule has 1 aromatic heterocycles. The third kappa shape index (κ3) is 3.35. The largest absolute Gasteiger partial charge is 0.381 e. The van der Waals surface area contributed by atoms with Crippen LogP contribution in [0.25, 0.3) is 10.9 Å². The van der Waals surface area contributed by atoms with Gasteiger partial charge in [0.15, 0.2) is 0 Å². The lowest BCUT2D eigenvalue weighted by Gasteiger charge is -2.38. The van der Waals surface area contributed by atoms with E-state index in [1.54, 1.807) is 0 Å². The van der Waals surface area contributed by atoms with Crippen molar-refractivity contribution in [3.63, 3.8) is 0 Å². The van der Waals surface area contributed by atoms with Gasteiger partial charge in [0, 0.05) is 36.1 Å². The molecule has 0 saturated carbocycles. The molecule has 0 unspecified atom stereocenters. The number of fused-ring (bicyclic) bond motifs is 1. The summed E-state index contributed by atoms with van der Waals surface area (Å²) < 4.78 is 6.44. The Kier molecular flexibility index (Phi) is 4.95. The van der Waals surface area contributed by atoms with Gasteiger partial charge >= 0.3 is 0 Å². The number of hydrogen-bond acceptors (Lipinski definition) is 3. The Balaban J connectivity index is 1.55. The molecule has 0 atom stereocenters. The predicted molar refractivity (Wildman–Crippen MR) is 109 cm³/mol. The minimum atomic E-state index is -0.0661. The second-order valence-electron chi connectivity index (χ2n) is 6.72. The summed E-state index contributed by atoms with van der Waals surface area (Å²) in [5.74, 6) is -0.0503. The Hall–Kier alpha value is -1.93. The minimum absolute atomic E-state index is 0.0503. The van der Waals surface area contributed by atoms with Gasteiger partial charge in [-0.2, -0.15) is 5.10 Å². The first-order valence-electron chi connectivity index (χ1n) is 8.73. The highest BCUT2D eigenvalue weighted by Crippen LogP contribution is 2.34. The molecule has 2 N–H and O–H groups in total. The number of benzene rings is 2. The van der Waals surface area contributed by atoms with Crippen LogP contribution in [0.5, 0.6) is 0 Å². The zero-order valence-corrected chi connectivity index (χ0v) is 16.5. The van der Waals surface area contributed by atoms with Gasteiger partial charge in [-0.15, -0.1) is 0 Å². The zero-order valence-electron chi connectivity index (χ0n) is 14.3. The van der Waals surface area contributed by atoms with E-state index in [4.69, 9.17) is 4.74 Å². The van der Waals surface area contributed by atoms with Crippen molar-refractivity contribution in [1.82, 2.24) is 15.5 Å². The Morgan fingerprint density at radius 3 is 2.73 bits per heavy atom. The van der Waals surface area contributed by atoms with Crippen LogP contribution in [0.4, 0.5) is 0 Å². The van der Waals surface area contributed by atoms with E-state index in [1.807, 2.05) is 24.3 Å². The maximum absolute atomic E-state index is 12.8. The van der Waals surface area contributed by atoms with Crippen LogP contribution in [0.2, 0.25) is 0 Å². The molecule has 2 heterocycles. The van der Waals surface area contributed by atoms with Crippen molar-refractivity contribution in [2.24, 2.45) is 0 Å². The summed E-state index contributed by atoms with van der Waals surface area (Å²) in [4.78, 5) is 12.8. The number of aromatic amines is 1. The average Bonchev–Trinajstić information content (AvgIpc) is 3.08. The molecule has 1 saturated heterocycles. The maximum atomic E-state index is 12.8. The number of halogens is 1. The molecule has 1 aliphatic rings. The molecule has 1 amide bonds. The van der Waals surface area contributed by atoms with Crippen LogP contribution in [0.15, 0.2) is 48.5 Å². The van der Waals surface area contributed by atoms with Gasteiger partial charge in [-0.1, -0.05) is 30.3 Å². The quantitative estimate of drug-likeness (QED) is 0.584. The molecule has 5 nitrogen and oxygen atoms in total. The van der Waals surface area contributed by atoms with E-state index in [9.17, 15) is 4.79 Å². The van der Waals surface area contributed by atoms with Crippen molar-refractivity contribution in [2.75, 3.05) is 19.8 Å². The van der Waals surface area contributed by atoms with Gasteiger partial charge in [0.05, 0.1) is 5.52 Å². The molecule has 1 aliphatic heterocycles. The lowest BCUT2D eigenvalue weighted by atomic mass is 9.74. The number of carbonyl (C=O) groups excluding carboxylic acids is 1. The van der Waals surface area contributed by atoms with Crippen LogP contribution in [0.1, 0.15) is 28.8 Å². The van der Waals surface area contributed by atoms with Gasteiger partial charge in [-0.25, -0.2) is 0 Å². The summed E-state index contributed by atoms with van der Waals surface area (Å²) in [7, 11) is 0. The Morgan fingerprint density at radius 1 is 1.19 bits per heavy atom. The summed E-state index contributed by atoms with van der Waals surface area (Å²) in [6, 6.07) is 16.1. The lowest BCUT2D eigenvalue weighted by molar-refractivity contribution is 0.0487. The van der Waals surface area contributed by atoms with Crippen molar-refractivity contribution in [1.29, 1.82) is 0 Å². The number of carbonyl (C=O) groups is 1. The van der Waals surface area contributed by atoms with Gasteiger partial charge in [-0.3, -0.25) is 9.89 Å². The van der Waals surface area contributed by atoms with Crippen molar-refractivity contribution >= 4 is 39.4 Å². The molecule has 4 rings (SSSR count). The summed E-state index contributed by atoms with van der Waals surface area (Å²) in [5, 5.41) is 11.3. The SMILES string of the molecule is O=C(NCC1(c2ccccc2)CCOCC1)c1ccc2[nH]nc(I)c2c1. The molecule has 0 bridgehead atoms. The first kappa shape index (κ1) is 17.5. The number of nitrogens with one attached hydrogen (secondary N) is 2. The van der Waals surface area contributed by atoms with E-state index in [0.29, 0.717) is 12.1 Å². The predicted octanol–water partition coefficient (Wildman–Crippen LogP) is 3.65. The highest BCUT2D eigenvalue weighted by molar-refractivity contribution is 14.1. The maximum Gasteiger partial charge on any atom is 0.251 e. The van der Waals surface area contributed by atoms with Gasteiger partial charge < -0.3 is 10.1 Å². The first-order valence-corrected chi connectivity index (χ1v) is 9.81. The van der Waals surface area contributed by atoms with E-state index < -0.39 is 0 Å². The van der Waals surface area contributed by atoms with Crippen LogP contribution in [-0.4, -0.2) is 35.9 Å². The highest BCUT2D eigenvalue weighted by Gasteiger charge is 2.34. The number of aromatic nitrogens is 2. The fourth-order valence-corrected chi connectivity index (χ4v) is 4.16. The number of amides is 1. The average molecular weight is 461 g/mol. The number of H-pyrrole nitrogens is 1. The second-order valence-corrected chi connectivity index (χ2v) is 7.74. The fourth-order valence-electron chi connectivity index (χ4n) is 3.60. The molecule has 134 valence electrons. The summed E-state index contributed by atoms with van der Waals surface area (Å²) in [6.45, 7) is 2.06. The molecule has 6 heteroatoms. The van der Waals surface area contributed by atoms with Crippen LogP contribution < -0.4 is 5.32 Å². The Morgan fingerprint density at radius 2 is 1.96 bits per heavy atom. The summed E-state index contributed by atoms with van der Waals surface area (Å²) in [5.41, 5.74) is 2.80. The number of hydrogen-bond donors (Lipinski definition) is 2. The summed E-state index contributed by atoms with van der Waals surface area (Å²) >= 11 is 2.17. The van der Waals surface area contributed by atoms with E-state index in [1.165, 1.54) is 5.56 Å². The van der Waals surface area contributed by atoms with E-state index in [-0.39, 0.29) is 11.3 Å². The molecule has 0 spiro atoms. The van der Waals surface area contributed by atoms with E-state index in [2.05, 4.69) is 62.4 Å². The monoisotopic (exact) mass is 461 g/mol. The van der Waals surface area contributed by atoms with Gasteiger partial charge in [0.25, 0.3) is 5.91 Å². The second kappa shape index (κ2) is 7.36. The van der Waals surface area contributed by atoms with Crippen molar-refractivity contribution in [3.05, 3.63) is 63.4 Å². The molecule has 3 aromatic rings. The van der Waals surface area contributed by atoms with Gasteiger partial charge in [0.1, 0.15) is 3.70 Å². The zero-order chi connectivity index (χ0) is 18.0. The molecule has 0 radical (unpaired) electrons. The summed E-state index contributed by atoms with van der Waals surface area (Å²) in [6.07, 6.45) is 1.83. The van der Waals surface area contributed by atoms with Crippen LogP contribution in [0, 0.1) is 3.70 Å². The molecule has 0 aliphatic carbocycles. The molecule has 1 fully saturated rings. The van der Waals surface area contributed by atoms with Crippen molar-refractivity contribution < 1.29 is 9.53 Å². The van der Waals surface area contributed by atoms with Crippen LogP contribution >= 0.6 is 22.6 Å². The normalized spacial score (nSPS) is 16.5. The van der Waals surface area contributed by atoms with Gasteiger partial charge in [-0.05, 0) is 59.2 Å². The molecule has 2 aromatic carbocycles. The Labute approximate surface area is 165 Å². The molecular weight excluding hydrogens is 441 g/mol. The molecular formula is C20H20IN3O2. The number of ether oxygens (including phenoxy) is 1. The molecule has 26 heavy (non-hydrogen) atoms. The van der Waals surface area contributed by atoms with Crippen LogP contribution in [0.3, 0.4) is 0 Å². The topological polar surface area (TPSA) is 67.0 Å². The van der Waals surface area contributed by atoms with Crippen LogP contribution in [-0.2, 0) is 10.2 Å². The van der Waals surface area contributed by atoms with Crippen molar-refractivity contribution in [2.45, 2.75) is 18.3 Å². The Bertz CT molecular complexity index is 917. The standard InChI is InChI=1S/C20H20IN3O2/c21-18-16-12-14(6-7-17(16)23-24-18)19(25)22-13-20(8-10-26-11-9-20)15-4-2-1-3-5-15/h1-7,12H,8-11,13H2,(H,22,25)(H,23,24). The lowest BCUT2D eigenvalue weighted by Crippen LogP contribution is -2.44. The third-order valence-electron chi connectivity index (χ3n) is 5.20. The highest BCUT2D eigenvalue weighted by atomic mass is 127. The van der Waals surface area contributed by atoms with Gasteiger partial charge in [0.2, 0.25) is 0 Å². The van der Waals surface area contributed by atoms with Crippen molar-refractivity contribution in [3.8, 4) is 0 Å². The third-order valence-corrected chi connectivity index (χ3v) is 6.02. The van der Waals surface area contributed by atoms with E-state index in [0.717, 1.165) is 40.7 Å². The first-order chi connectivity index (χ1) is 12.7.